The molecule has 0 amide bonds. The molecule has 0 saturated carbocycles. The summed E-state index contributed by atoms with van der Waals surface area (Å²) < 4.78 is 0. The van der Waals surface area contributed by atoms with Gasteiger partial charge in [0.1, 0.15) is 0 Å². The number of hydrogen-bond donors (Lipinski definition) is 0. The van der Waals surface area contributed by atoms with Crippen LogP contribution in [0.3, 0.4) is 0 Å². The number of hydrogen-bond acceptors (Lipinski definition) is 0. The zero-order valence-corrected chi connectivity index (χ0v) is 17.4. The predicted molar refractivity (Wildman–Crippen MR) is 122 cm³/mol. The van der Waals surface area contributed by atoms with Crippen LogP contribution < -0.4 is 0 Å². The van der Waals surface area contributed by atoms with Gasteiger partial charge in [-0.1, -0.05) is 93.3 Å². The molecule has 0 spiro atoms. The summed E-state index contributed by atoms with van der Waals surface area (Å²) in [4.78, 5) is 0. The second kappa shape index (κ2) is 20.7. The molecule has 0 fully saturated rings. The van der Waals surface area contributed by atoms with E-state index in [-0.39, 0.29) is 62.4 Å². The van der Waals surface area contributed by atoms with Crippen molar-refractivity contribution in [3.8, 4) is 0 Å². The Kier molecular flexibility index (Phi) is 29.0. The van der Waals surface area contributed by atoms with E-state index in [1.165, 1.54) is 24.0 Å². The molecule has 0 aliphatic rings. The van der Waals surface area contributed by atoms with Crippen molar-refractivity contribution in [1.29, 1.82) is 0 Å². The van der Waals surface area contributed by atoms with Crippen LogP contribution in [0.5, 0.6) is 0 Å². The Labute approximate surface area is 192 Å². The summed E-state index contributed by atoms with van der Waals surface area (Å²) >= 11 is 0. The molecule has 1 heteroatoms. The fraction of sp³-hybridized carbons (Fsp3) is 0.480. The van der Waals surface area contributed by atoms with Gasteiger partial charge in [0.05, 0.1) is 0 Å². The summed E-state index contributed by atoms with van der Waals surface area (Å²) in [7, 11) is 0. The van der Waals surface area contributed by atoms with Crippen LogP contribution in [0.25, 0.3) is 0 Å². The van der Waals surface area contributed by atoms with E-state index in [2.05, 4.69) is 89.2 Å². The zero-order valence-electron chi connectivity index (χ0n) is 14.5. The number of benzene rings is 2. The van der Waals surface area contributed by atoms with Crippen LogP contribution in [0, 0.1) is 6.92 Å². The van der Waals surface area contributed by atoms with Gasteiger partial charge < -0.3 is 0 Å². The van der Waals surface area contributed by atoms with Crippen LogP contribution in [-0.2, 0) is 32.7 Å². The molecule has 0 N–H and O–H groups in total. The van der Waals surface area contributed by atoms with Crippen molar-refractivity contribution < 1.29 is 32.7 Å². The predicted octanol–water partition coefficient (Wildman–Crippen LogP) is 9.12. The van der Waals surface area contributed by atoms with Gasteiger partial charge in [0.2, 0.25) is 0 Å². The summed E-state index contributed by atoms with van der Waals surface area (Å²) in [5.74, 6) is 1.39. The minimum absolute atomic E-state index is 0. The molecule has 2 aromatic rings. The zero-order chi connectivity index (χ0) is 15.7. The first-order valence-corrected chi connectivity index (χ1v) is 8.05. The van der Waals surface area contributed by atoms with Crippen molar-refractivity contribution in [3.63, 3.8) is 0 Å². The molecular weight excluding hydrogens is 389 g/mol. The summed E-state index contributed by atoms with van der Waals surface area (Å²) in [5, 5.41) is 0. The van der Waals surface area contributed by atoms with Crippen LogP contribution >= 0.6 is 0 Å². The maximum atomic E-state index is 3.85. The molecule has 0 nitrogen and oxygen atoms in total. The maximum absolute atomic E-state index is 3.85. The smallest absolute Gasteiger partial charge is 0 e. The van der Waals surface area contributed by atoms with E-state index in [1.54, 1.807) is 0 Å². The molecule has 26 heavy (non-hydrogen) atoms. The summed E-state index contributed by atoms with van der Waals surface area (Å²) in [5.41, 5.74) is 3.96. The van der Waals surface area contributed by atoms with Gasteiger partial charge in [-0.25, -0.2) is 0 Å². The van der Waals surface area contributed by atoms with E-state index < -0.39 is 0 Å². The molecule has 0 saturated heterocycles. The largest absolute Gasteiger partial charge is 0.199 e. The molecule has 0 bridgehead atoms. The van der Waals surface area contributed by atoms with Crippen molar-refractivity contribution in [2.24, 2.45) is 0 Å². The van der Waals surface area contributed by atoms with Gasteiger partial charge in [0.25, 0.3) is 0 Å². The summed E-state index contributed by atoms with van der Waals surface area (Å²) in [6.45, 7) is 12.8. The van der Waals surface area contributed by atoms with E-state index in [0.29, 0.717) is 11.8 Å². The third kappa shape index (κ3) is 13.6. The van der Waals surface area contributed by atoms with Crippen molar-refractivity contribution in [2.45, 2.75) is 82.1 Å². The van der Waals surface area contributed by atoms with Gasteiger partial charge in [-0.3, -0.25) is 0 Å². The van der Waals surface area contributed by atoms with E-state index in [1.807, 2.05) is 0 Å². The van der Waals surface area contributed by atoms with Crippen LogP contribution in [-0.4, -0.2) is 0 Å². The molecule has 2 rings (SSSR count). The fourth-order valence-electron chi connectivity index (χ4n) is 2.10. The molecule has 2 unspecified atom stereocenters. The van der Waals surface area contributed by atoms with E-state index in [0.717, 1.165) is 5.56 Å². The van der Waals surface area contributed by atoms with Gasteiger partial charge >= 0.3 is 0 Å². The van der Waals surface area contributed by atoms with Crippen LogP contribution in [0.15, 0.2) is 54.6 Å². The number of rotatable bonds is 4. The quantitative estimate of drug-likeness (QED) is 0.421. The first kappa shape index (κ1) is 36.3. The van der Waals surface area contributed by atoms with Crippen LogP contribution in [0.1, 0.15) is 98.8 Å². The second-order valence-electron chi connectivity index (χ2n) is 5.77. The SMILES string of the molecule is C.C.C.C.CCC(C)c1ccccc1.[CH2-]c1ccc(C(C)CC)cc1.[Y]. The summed E-state index contributed by atoms with van der Waals surface area (Å²) in [6, 6.07) is 19.1. The average molecular weight is 435 g/mol. The minimum Gasteiger partial charge on any atom is -0.199 e. The van der Waals surface area contributed by atoms with Gasteiger partial charge in [0, 0.05) is 32.7 Å². The topological polar surface area (TPSA) is 0 Å². The molecule has 0 aromatic heterocycles. The van der Waals surface area contributed by atoms with Crippen LogP contribution in [0.2, 0.25) is 0 Å². The van der Waals surface area contributed by atoms with Crippen LogP contribution in [0.4, 0.5) is 0 Å². The average Bonchev–Trinajstić information content (AvgIpc) is 2.55. The molecular formula is C25H45Y-. The molecule has 2 aromatic carbocycles. The molecule has 0 heterocycles. The Morgan fingerprint density at radius 2 is 1.00 bits per heavy atom. The third-order valence-corrected chi connectivity index (χ3v) is 4.14. The maximum Gasteiger partial charge on any atom is 0 e. The third-order valence-electron chi connectivity index (χ3n) is 4.14. The monoisotopic (exact) mass is 434 g/mol. The molecule has 0 aliphatic heterocycles. The first-order chi connectivity index (χ1) is 10.1. The van der Waals surface area contributed by atoms with Gasteiger partial charge in [0.15, 0.2) is 0 Å². The summed E-state index contributed by atoms with van der Waals surface area (Å²) in [6.07, 6.45) is 2.43. The van der Waals surface area contributed by atoms with Gasteiger partial charge in [-0.05, 0) is 30.2 Å². The van der Waals surface area contributed by atoms with Crippen molar-refractivity contribution in [3.05, 3.63) is 78.2 Å². The molecule has 149 valence electrons. The van der Waals surface area contributed by atoms with E-state index in [9.17, 15) is 0 Å². The normalized spacial score (nSPS) is 10.5. The standard InChI is InChI=1S/C11H15.C10H14.4CH4.Y/c1-4-10(3)11-7-5-9(2)6-8-11;1-3-9(2)10-7-5-4-6-8-10;;;;;/h5-8,10H,2,4H2,1,3H3;4-9H,3H2,1-2H3;4*1H4;/q-1;;;;;;. The Balaban J connectivity index is -0.0000000951. The Hall–Kier alpha value is -0.586. The van der Waals surface area contributed by atoms with Crippen molar-refractivity contribution in [1.82, 2.24) is 0 Å². The Morgan fingerprint density at radius 3 is 1.35 bits per heavy atom. The molecule has 0 aliphatic carbocycles. The minimum atomic E-state index is 0. The van der Waals surface area contributed by atoms with Gasteiger partial charge in [-0.2, -0.15) is 24.6 Å². The first-order valence-electron chi connectivity index (χ1n) is 8.05. The Morgan fingerprint density at radius 1 is 0.654 bits per heavy atom. The van der Waals surface area contributed by atoms with Crippen molar-refractivity contribution in [2.75, 3.05) is 0 Å². The van der Waals surface area contributed by atoms with E-state index in [4.69, 9.17) is 0 Å². The van der Waals surface area contributed by atoms with Crippen molar-refractivity contribution >= 4 is 0 Å². The molecule has 2 atom stereocenters. The molecule has 1 radical (unpaired) electrons. The van der Waals surface area contributed by atoms with Gasteiger partial charge in [-0.15, -0.1) is 12.1 Å². The second-order valence-corrected chi connectivity index (χ2v) is 5.77. The van der Waals surface area contributed by atoms with E-state index >= 15 is 0 Å². The fourth-order valence-corrected chi connectivity index (χ4v) is 2.10. The Bertz CT molecular complexity index is 487.